The first-order valence-corrected chi connectivity index (χ1v) is 15.3. The summed E-state index contributed by atoms with van der Waals surface area (Å²) in [6.45, 7) is 18.6. The number of hydrogen-bond acceptors (Lipinski definition) is 0. The van der Waals surface area contributed by atoms with Gasteiger partial charge in [-0.25, -0.2) is 0 Å². The van der Waals surface area contributed by atoms with Crippen molar-refractivity contribution in [1.29, 1.82) is 0 Å². The Morgan fingerprint density at radius 2 is 1.27 bits per heavy atom. The molecule has 0 N–H and O–H groups in total. The summed E-state index contributed by atoms with van der Waals surface area (Å²) in [5, 5.41) is 0. The molecule has 0 aliphatic carbocycles. The zero-order valence-electron chi connectivity index (χ0n) is 16.4. The Bertz CT molecular complexity index is 295. The molecule has 0 spiro atoms. The molecule has 0 radical (unpaired) electrons. The van der Waals surface area contributed by atoms with E-state index >= 15 is 0 Å². The molecule has 0 rings (SSSR count). The van der Waals surface area contributed by atoms with Crippen molar-refractivity contribution in [3.05, 3.63) is 24.8 Å². The summed E-state index contributed by atoms with van der Waals surface area (Å²) in [7, 11) is -2.07. The van der Waals surface area contributed by atoms with Crippen LogP contribution in [0.2, 0.25) is 47.8 Å². The second kappa shape index (κ2) is 11.4. The SMILES string of the molecule is C=CC(CC/C=C/C[Si](CC)(CC)CC)[Si](CC)(CC)CC. The van der Waals surface area contributed by atoms with E-state index in [4.69, 9.17) is 0 Å². The van der Waals surface area contributed by atoms with Crippen molar-refractivity contribution in [2.75, 3.05) is 0 Å². The van der Waals surface area contributed by atoms with Gasteiger partial charge in [-0.15, -0.1) is 6.58 Å². The van der Waals surface area contributed by atoms with Crippen molar-refractivity contribution in [2.45, 2.75) is 102 Å². The standard InChI is InChI=1S/C20H42Si2/c1-8-20(22(12-5,13-6)14-7)18-16-15-17-19-21(9-2,10-3)11-4/h8,15,17,20H,1,9-14,16,18-19H2,2-7H3/b17-15+. The summed E-state index contributed by atoms with van der Waals surface area (Å²) in [4.78, 5) is 0. The Morgan fingerprint density at radius 3 is 1.64 bits per heavy atom. The lowest BCUT2D eigenvalue weighted by Gasteiger charge is -2.35. The third-order valence-corrected chi connectivity index (χ3v) is 18.7. The van der Waals surface area contributed by atoms with Crippen LogP contribution in [0.15, 0.2) is 24.8 Å². The van der Waals surface area contributed by atoms with Crippen molar-refractivity contribution in [3.63, 3.8) is 0 Å². The molecule has 22 heavy (non-hydrogen) atoms. The van der Waals surface area contributed by atoms with Crippen LogP contribution >= 0.6 is 0 Å². The molecular formula is C20H42Si2. The first kappa shape index (κ1) is 21.9. The summed E-state index contributed by atoms with van der Waals surface area (Å²) in [5.41, 5.74) is 0.808. The van der Waals surface area contributed by atoms with Crippen LogP contribution in [0, 0.1) is 0 Å². The van der Waals surface area contributed by atoms with Gasteiger partial charge in [-0.1, -0.05) is 96.0 Å². The van der Waals surface area contributed by atoms with Gasteiger partial charge in [-0.05, 0) is 24.4 Å². The molecule has 0 saturated carbocycles. The summed E-state index contributed by atoms with van der Waals surface area (Å²) in [6.07, 6.45) is 9.89. The van der Waals surface area contributed by atoms with Gasteiger partial charge in [-0.2, -0.15) is 0 Å². The molecule has 2 heteroatoms. The molecule has 0 aromatic heterocycles. The topological polar surface area (TPSA) is 0 Å². The molecule has 0 heterocycles. The Hall–Kier alpha value is -0.0862. The maximum atomic E-state index is 4.17. The van der Waals surface area contributed by atoms with Gasteiger partial charge in [0.1, 0.15) is 0 Å². The van der Waals surface area contributed by atoms with Crippen LogP contribution in [0.3, 0.4) is 0 Å². The van der Waals surface area contributed by atoms with Crippen molar-refractivity contribution in [2.24, 2.45) is 0 Å². The van der Waals surface area contributed by atoms with E-state index in [0.29, 0.717) is 0 Å². The minimum absolute atomic E-state index is 0.808. The van der Waals surface area contributed by atoms with Crippen LogP contribution in [0.4, 0.5) is 0 Å². The molecule has 0 aromatic rings. The fraction of sp³-hybridized carbons (Fsp3) is 0.800. The van der Waals surface area contributed by atoms with Crippen LogP contribution < -0.4 is 0 Å². The largest absolute Gasteiger partial charge is 0.103 e. The summed E-state index contributed by atoms with van der Waals surface area (Å²) >= 11 is 0. The highest BCUT2D eigenvalue weighted by Gasteiger charge is 2.33. The molecule has 0 fully saturated rings. The average Bonchev–Trinajstić information content (AvgIpc) is 2.58. The highest BCUT2D eigenvalue weighted by molar-refractivity contribution is 6.81. The van der Waals surface area contributed by atoms with Gasteiger partial charge in [0.25, 0.3) is 0 Å². The van der Waals surface area contributed by atoms with E-state index in [1.807, 2.05) is 0 Å². The maximum absolute atomic E-state index is 4.17. The van der Waals surface area contributed by atoms with Crippen LogP contribution in [0.5, 0.6) is 0 Å². The lowest BCUT2D eigenvalue weighted by molar-refractivity contribution is 0.814. The predicted molar refractivity (Wildman–Crippen MR) is 112 cm³/mol. The van der Waals surface area contributed by atoms with Crippen LogP contribution in [-0.2, 0) is 0 Å². The van der Waals surface area contributed by atoms with Crippen LogP contribution in [0.1, 0.15) is 54.4 Å². The molecule has 1 atom stereocenters. The van der Waals surface area contributed by atoms with Gasteiger partial charge >= 0.3 is 0 Å². The van der Waals surface area contributed by atoms with E-state index in [1.165, 1.54) is 55.2 Å². The Morgan fingerprint density at radius 1 is 0.773 bits per heavy atom. The highest BCUT2D eigenvalue weighted by atomic mass is 28.3. The van der Waals surface area contributed by atoms with Crippen molar-refractivity contribution in [1.82, 2.24) is 0 Å². The van der Waals surface area contributed by atoms with Crippen molar-refractivity contribution < 1.29 is 0 Å². The zero-order chi connectivity index (χ0) is 17.1. The van der Waals surface area contributed by atoms with E-state index < -0.39 is 16.1 Å². The van der Waals surface area contributed by atoms with E-state index in [0.717, 1.165) is 5.54 Å². The van der Waals surface area contributed by atoms with Gasteiger partial charge < -0.3 is 0 Å². The average molecular weight is 339 g/mol. The molecule has 0 aliphatic rings. The Kier molecular flexibility index (Phi) is 11.4. The van der Waals surface area contributed by atoms with E-state index in [2.05, 4.69) is 66.3 Å². The second-order valence-corrected chi connectivity index (χ2v) is 18.2. The minimum atomic E-state index is -1.11. The van der Waals surface area contributed by atoms with Crippen LogP contribution in [-0.4, -0.2) is 16.1 Å². The monoisotopic (exact) mass is 338 g/mol. The minimum Gasteiger partial charge on any atom is -0.103 e. The quantitative estimate of drug-likeness (QED) is 0.236. The molecule has 0 nitrogen and oxygen atoms in total. The lowest BCUT2D eigenvalue weighted by Crippen LogP contribution is -2.36. The first-order valence-electron chi connectivity index (χ1n) is 9.81. The third-order valence-electron chi connectivity index (χ3n) is 6.80. The fourth-order valence-corrected chi connectivity index (χ4v) is 11.5. The lowest BCUT2D eigenvalue weighted by atomic mass is 10.2. The molecule has 0 saturated heterocycles. The smallest absolute Gasteiger partial charge is 0.0596 e. The van der Waals surface area contributed by atoms with E-state index in [-0.39, 0.29) is 0 Å². The summed E-state index contributed by atoms with van der Waals surface area (Å²) in [6, 6.07) is 9.96. The number of rotatable bonds is 13. The second-order valence-electron chi connectivity index (χ2n) is 7.08. The molecule has 0 amide bonds. The predicted octanol–water partition coefficient (Wildman–Crippen LogP) is 7.90. The molecule has 1 unspecified atom stereocenters. The molecule has 0 aromatic carbocycles. The van der Waals surface area contributed by atoms with Crippen molar-refractivity contribution >= 4 is 16.1 Å². The van der Waals surface area contributed by atoms with Crippen LogP contribution in [0.25, 0.3) is 0 Å². The Labute approximate surface area is 143 Å². The Balaban J connectivity index is 4.54. The van der Waals surface area contributed by atoms with E-state index in [1.54, 1.807) is 0 Å². The highest BCUT2D eigenvalue weighted by Crippen LogP contribution is 2.37. The van der Waals surface area contributed by atoms with Gasteiger partial charge in [0.2, 0.25) is 0 Å². The normalized spacial score (nSPS) is 14.5. The summed E-state index contributed by atoms with van der Waals surface area (Å²) < 4.78 is 0. The number of hydrogen-bond donors (Lipinski definition) is 0. The number of allylic oxidation sites excluding steroid dienone is 3. The van der Waals surface area contributed by atoms with E-state index in [9.17, 15) is 0 Å². The van der Waals surface area contributed by atoms with Gasteiger partial charge in [-0.3, -0.25) is 0 Å². The maximum Gasteiger partial charge on any atom is 0.0596 e. The fourth-order valence-electron chi connectivity index (χ4n) is 4.12. The first-order chi connectivity index (χ1) is 10.5. The van der Waals surface area contributed by atoms with Gasteiger partial charge in [0.15, 0.2) is 0 Å². The van der Waals surface area contributed by atoms with Gasteiger partial charge in [0.05, 0.1) is 16.1 Å². The molecule has 0 aliphatic heterocycles. The molecule has 0 bridgehead atoms. The van der Waals surface area contributed by atoms with Gasteiger partial charge in [0, 0.05) is 0 Å². The molecular weight excluding hydrogens is 296 g/mol. The zero-order valence-corrected chi connectivity index (χ0v) is 18.4. The third kappa shape index (κ3) is 5.84. The van der Waals surface area contributed by atoms with Crippen molar-refractivity contribution in [3.8, 4) is 0 Å². The summed E-state index contributed by atoms with van der Waals surface area (Å²) in [5.74, 6) is 0. The molecule has 130 valence electrons.